The lowest BCUT2D eigenvalue weighted by Crippen LogP contribution is -2.38. The van der Waals surface area contributed by atoms with Gasteiger partial charge in [0.25, 0.3) is 0 Å². The summed E-state index contributed by atoms with van der Waals surface area (Å²) in [7, 11) is 0. The molecule has 0 bridgehead atoms. The van der Waals surface area contributed by atoms with Crippen molar-refractivity contribution < 1.29 is 14.3 Å². The number of fused-ring (bicyclic) bond motifs is 1. The van der Waals surface area contributed by atoms with E-state index in [0.29, 0.717) is 31.6 Å². The summed E-state index contributed by atoms with van der Waals surface area (Å²) in [5.41, 5.74) is 2.20. The van der Waals surface area contributed by atoms with Crippen LogP contribution in [0.5, 0.6) is 0 Å². The SMILES string of the molecule is O=Cc1cc2n(n1)CCN(C(=O)OCc1ccccc1)C2. The molecule has 0 atom stereocenters. The quantitative estimate of drug-likeness (QED) is 0.807. The molecule has 0 saturated carbocycles. The zero-order valence-electron chi connectivity index (χ0n) is 11.4. The van der Waals surface area contributed by atoms with Gasteiger partial charge >= 0.3 is 6.09 Å². The monoisotopic (exact) mass is 285 g/mol. The lowest BCUT2D eigenvalue weighted by Gasteiger charge is -2.26. The lowest BCUT2D eigenvalue weighted by atomic mass is 10.2. The second-order valence-corrected chi connectivity index (χ2v) is 4.86. The van der Waals surface area contributed by atoms with Gasteiger partial charge in [-0.1, -0.05) is 30.3 Å². The molecule has 0 saturated heterocycles. The summed E-state index contributed by atoms with van der Waals surface area (Å²) in [6.07, 6.45) is 0.364. The van der Waals surface area contributed by atoms with Gasteiger partial charge in [0.2, 0.25) is 0 Å². The van der Waals surface area contributed by atoms with Crippen molar-refractivity contribution >= 4 is 12.4 Å². The number of nitrogens with zero attached hydrogens (tertiary/aromatic N) is 3. The molecule has 3 rings (SSSR count). The molecular weight excluding hydrogens is 270 g/mol. The Morgan fingerprint density at radius 2 is 2.10 bits per heavy atom. The van der Waals surface area contributed by atoms with E-state index in [0.717, 1.165) is 11.3 Å². The first kappa shape index (κ1) is 13.4. The van der Waals surface area contributed by atoms with Crippen LogP contribution in [0.15, 0.2) is 36.4 Å². The summed E-state index contributed by atoms with van der Waals surface area (Å²) in [5.74, 6) is 0. The van der Waals surface area contributed by atoms with Crippen molar-refractivity contribution in [1.82, 2.24) is 14.7 Å². The predicted octanol–water partition coefficient (Wildman–Crippen LogP) is 1.85. The van der Waals surface area contributed by atoms with Crippen molar-refractivity contribution in [2.75, 3.05) is 6.54 Å². The van der Waals surface area contributed by atoms with Gasteiger partial charge in [0, 0.05) is 6.54 Å². The molecule has 2 aromatic rings. The van der Waals surface area contributed by atoms with Gasteiger partial charge in [0.1, 0.15) is 12.3 Å². The van der Waals surface area contributed by atoms with Gasteiger partial charge < -0.3 is 9.64 Å². The zero-order chi connectivity index (χ0) is 14.7. The van der Waals surface area contributed by atoms with Gasteiger partial charge in [0.15, 0.2) is 6.29 Å². The maximum absolute atomic E-state index is 12.1. The van der Waals surface area contributed by atoms with Crippen LogP contribution in [-0.4, -0.2) is 33.6 Å². The highest BCUT2D eigenvalue weighted by atomic mass is 16.6. The van der Waals surface area contributed by atoms with Crippen LogP contribution in [0.3, 0.4) is 0 Å². The molecule has 1 aromatic heterocycles. The average molecular weight is 285 g/mol. The number of aromatic nitrogens is 2. The van der Waals surface area contributed by atoms with E-state index in [1.54, 1.807) is 15.6 Å². The Labute approximate surface area is 121 Å². The van der Waals surface area contributed by atoms with Crippen molar-refractivity contribution in [2.45, 2.75) is 19.7 Å². The third kappa shape index (κ3) is 2.94. The summed E-state index contributed by atoms with van der Waals surface area (Å²) in [4.78, 5) is 24.4. The zero-order valence-corrected chi connectivity index (χ0v) is 11.4. The first-order valence-corrected chi connectivity index (χ1v) is 6.74. The highest BCUT2D eigenvalue weighted by Crippen LogP contribution is 2.14. The van der Waals surface area contributed by atoms with E-state index in [-0.39, 0.29) is 12.7 Å². The number of carbonyl (C=O) groups is 2. The van der Waals surface area contributed by atoms with Crippen LogP contribution in [0.1, 0.15) is 21.7 Å². The van der Waals surface area contributed by atoms with E-state index < -0.39 is 0 Å². The molecule has 21 heavy (non-hydrogen) atoms. The maximum atomic E-state index is 12.1. The molecule has 1 aliphatic heterocycles. The molecule has 1 amide bonds. The topological polar surface area (TPSA) is 64.4 Å². The number of benzene rings is 1. The third-order valence-electron chi connectivity index (χ3n) is 3.40. The van der Waals surface area contributed by atoms with E-state index >= 15 is 0 Å². The summed E-state index contributed by atoms with van der Waals surface area (Å²) in [6.45, 7) is 1.77. The predicted molar refractivity (Wildman–Crippen MR) is 74.7 cm³/mol. The van der Waals surface area contributed by atoms with Crippen molar-refractivity contribution in [3.8, 4) is 0 Å². The van der Waals surface area contributed by atoms with Gasteiger partial charge in [-0.05, 0) is 11.6 Å². The second-order valence-electron chi connectivity index (χ2n) is 4.86. The van der Waals surface area contributed by atoms with Crippen LogP contribution in [0.2, 0.25) is 0 Å². The van der Waals surface area contributed by atoms with E-state index in [2.05, 4.69) is 5.10 Å². The molecule has 2 heterocycles. The number of aldehydes is 1. The molecule has 0 aliphatic carbocycles. The van der Waals surface area contributed by atoms with E-state index in [1.807, 2.05) is 30.3 Å². The number of ether oxygens (including phenoxy) is 1. The van der Waals surface area contributed by atoms with Crippen LogP contribution in [0, 0.1) is 0 Å². The minimum atomic E-state index is -0.348. The van der Waals surface area contributed by atoms with Crippen molar-refractivity contribution in [1.29, 1.82) is 0 Å². The fourth-order valence-corrected chi connectivity index (χ4v) is 2.31. The Bertz CT molecular complexity index is 651. The Morgan fingerprint density at radius 1 is 1.29 bits per heavy atom. The highest BCUT2D eigenvalue weighted by Gasteiger charge is 2.23. The molecule has 0 radical (unpaired) electrons. The number of rotatable bonds is 3. The first-order valence-electron chi connectivity index (χ1n) is 6.74. The van der Waals surface area contributed by atoms with Gasteiger partial charge in [-0.2, -0.15) is 5.10 Å². The fourth-order valence-electron chi connectivity index (χ4n) is 2.31. The Morgan fingerprint density at radius 3 is 2.86 bits per heavy atom. The lowest BCUT2D eigenvalue weighted by molar-refractivity contribution is 0.0857. The molecule has 1 aliphatic rings. The van der Waals surface area contributed by atoms with E-state index in [1.165, 1.54) is 0 Å². The van der Waals surface area contributed by atoms with Crippen molar-refractivity contribution in [2.24, 2.45) is 0 Å². The van der Waals surface area contributed by atoms with Crippen LogP contribution in [-0.2, 0) is 24.4 Å². The average Bonchev–Trinajstić information content (AvgIpc) is 2.95. The van der Waals surface area contributed by atoms with Crippen LogP contribution in [0.4, 0.5) is 4.79 Å². The van der Waals surface area contributed by atoms with Crippen LogP contribution in [0.25, 0.3) is 0 Å². The molecule has 0 spiro atoms. The number of amides is 1. The number of hydrogen-bond donors (Lipinski definition) is 0. The van der Waals surface area contributed by atoms with Gasteiger partial charge in [0.05, 0.1) is 18.8 Å². The van der Waals surface area contributed by atoms with E-state index in [9.17, 15) is 9.59 Å². The second kappa shape index (κ2) is 5.78. The largest absolute Gasteiger partial charge is 0.445 e. The number of carbonyl (C=O) groups excluding carboxylic acids is 2. The van der Waals surface area contributed by atoms with Crippen LogP contribution >= 0.6 is 0 Å². The molecule has 6 heteroatoms. The Hall–Kier alpha value is -2.63. The molecule has 108 valence electrons. The molecule has 0 unspecified atom stereocenters. The molecule has 6 nitrogen and oxygen atoms in total. The van der Waals surface area contributed by atoms with Crippen molar-refractivity contribution in [3.63, 3.8) is 0 Å². The normalized spacial score (nSPS) is 13.6. The summed E-state index contributed by atoms with van der Waals surface area (Å²) in [5, 5.41) is 4.13. The highest BCUT2D eigenvalue weighted by molar-refractivity contribution is 5.72. The maximum Gasteiger partial charge on any atom is 0.410 e. The molecule has 1 aromatic carbocycles. The van der Waals surface area contributed by atoms with Crippen LogP contribution < -0.4 is 0 Å². The molecule has 0 fully saturated rings. The smallest absolute Gasteiger partial charge is 0.410 e. The van der Waals surface area contributed by atoms with E-state index in [4.69, 9.17) is 4.74 Å². The minimum absolute atomic E-state index is 0.259. The van der Waals surface area contributed by atoms with Crippen molar-refractivity contribution in [3.05, 3.63) is 53.3 Å². The van der Waals surface area contributed by atoms with Gasteiger partial charge in [-0.3, -0.25) is 9.48 Å². The summed E-state index contributed by atoms with van der Waals surface area (Å²) >= 11 is 0. The minimum Gasteiger partial charge on any atom is -0.445 e. The Balaban J connectivity index is 1.60. The standard InChI is InChI=1S/C15H15N3O3/c19-10-13-8-14-9-17(6-7-18(14)16-13)15(20)21-11-12-4-2-1-3-5-12/h1-5,8,10H,6-7,9,11H2. The summed E-state index contributed by atoms with van der Waals surface area (Å²) < 4.78 is 7.06. The Kier molecular flexibility index (Phi) is 3.68. The summed E-state index contributed by atoms with van der Waals surface area (Å²) in [6, 6.07) is 11.3. The molecular formula is C15H15N3O3. The van der Waals surface area contributed by atoms with Gasteiger partial charge in [-0.15, -0.1) is 0 Å². The fraction of sp³-hybridized carbons (Fsp3) is 0.267. The van der Waals surface area contributed by atoms with Gasteiger partial charge in [-0.25, -0.2) is 4.79 Å². The molecule has 0 N–H and O–H groups in total. The first-order chi connectivity index (χ1) is 10.3. The third-order valence-corrected chi connectivity index (χ3v) is 3.40. The number of hydrogen-bond acceptors (Lipinski definition) is 4.